The molecule has 0 spiro atoms. The summed E-state index contributed by atoms with van der Waals surface area (Å²) in [5.74, 6) is -1.38. The van der Waals surface area contributed by atoms with Crippen LogP contribution in [0.3, 0.4) is 0 Å². The van der Waals surface area contributed by atoms with Crippen molar-refractivity contribution in [2.24, 2.45) is 11.8 Å². The number of nitrogens with zero attached hydrogens (tertiary/aromatic N) is 2. The third-order valence-electron chi connectivity index (χ3n) is 7.53. The highest BCUT2D eigenvalue weighted by Gasteiger charge is 2.43. The summed E-state index contributed by atoms with van der Waals surface area (Å²) >= 11 is 0. The van der Waals surface area contributed by atoms with E-state index in [4.69, 9.17) is 4.74 Å². The van der Waals surface area contributed by atoms with Crippen molar-refractivity contribution < 1.29 is 24.3 Å². The Labute approximate surface area is 195 Å². The van der Waals surface area contributed by atoms with Crippen molar-refractivity contribution in [2.45, 2.75) is 63.4 Å². The molecule has 1 aliphatic carbocycles. The monoisotopic (exact) mass is 457 g/mol. The van der Waals surface area contributed by atoms with Crippen LogP contribution in [0.15, 0.2) is 30.3 Å². The Bertz CT molecular complexity index is 819. The van der Waals surface area contributed by atoms with E-state index in [0.29, 0.717) is 44.9 Å². The van der Waals surface area contributed by atoms with Crippen molar-refractivity contribution in [3.63, 3.8) is 0 Å². The third kappa shape index (κ3) is 5.66. The Morgan fingerprint density at radius 3 is 2.21 bits per heavy atom. The van der Waals surface area contributed by atoms with Crippen LogP contribution >= 0.6 is 0 Å². The van der Waals surface area contributed by atoms with Crippen LogP contribution in [0.1, 0.15) is 62.8 Å². The van der Waals surface area contributed by atoms with E-state index in [2.05, 4.69) is 12.1 Å². The quantitative estimate of drug-likeness (QED) is 0.534. The van der Waals surface area contributed by atoms with Crippen LogP contribution < -0.4 is 5.48 Å². The molecule has 2 N–H and O–H groups in total. The number of hydrogen-bond acceptors (Lipinski definition) is 5. The number of benzene rings is 1. The second-order valence-electron chi connectivity index (χ2n) is 9.57. The molecule has 8 nitrogen and oxygen atoms in total. The number of nitrogens with one attached hydrogen (secondary N) is 1. The van der Waals surface area contributed by atoms with Crippen molar-refractivity contribution in [1.82, 2.24) is 15.3 Å². The minimum atomic E-state index is -0.706. The first kappa shape index (κ1) is 23.5. The molecule has 4 rings (SSSR count). The Hall–Kier alpha value is -2.61. The van der Waals surface area contributed by atoms with Gasteiger partial charge in [-0.15, -0.1) is 0 Å². The van der Waals surface area contributed by atoms with Gasteiger partial charge in [-0.05, 0) is 62.8 Å². The number of hydroxylamine groups is 1. The fourth-order valence-electron chi connectivity index (χ4n) is 5.59. The Morgan fingerprint density at radius 1 is 0.848 bits per heavy atom. The average molecular weight is 458 g/mol. The maximum absolute atomic E-state index is 13.4. The highest BCUT2D eigenvalue weighted by Crippen LogP contribution is 2.36. The zero-order valence-corrected chi connectivity index (χ0v) is 19.2. The van der Waals surface area contributed by atoms with Gasteiger partial charge in [-0.3, -0.25) is 14.8 Å². The molecule has 3 aliphatic rings. The highest BCUT2D eigenvalue weighted by atomic mass is 16.6. The number of amides is 3. The molecule has 180 valence electrons. The minimum absolute atomic E-state index is 0.0316. The summed E-state index contributed by atoms with van der Waals surface area (Å²) in [5.41, 5.74) is 3.03. The first-order valence-electron chi connectivity index (χ1n) is 12.3. The first-order valence-corrected chi connectivity index (χ1v) is 12.3. The predicted molar refractivity (Wildman–Crippen MR) is 121 cm³/mol. The van der Waals surface area contributed by atoms with E-state index in [1.54, 1.807) is 10.4 Å². The number of ether oxygens (including phenoxy) is 1. The van der Waals surface area contributed by atoms with Gasteiger partial charge in [-0.25, -0.2) is 10.3 Å². The number of hydrogen-bond donors (Lipinski definition) is 2. The van der Waals surface area contributed by atoms with Gasteiger partial charge in [0.05, 0.1) is 11.8 Å². The van der Waals surface area contributed by atoms with Crippen molar-refractivity contribution in [3.05, 3.63) is 35.9 Å². The van der Waals surface area contributed by atoms with Crippen molar-refractivity contribution in [1.29, 1.82) is 0 Å². The Morgan fingerprint density at radius 2 is 1.55 bits per heavy atom. The van der Waals surface area contributed by atoms with E-state index >= 15 is 0 Å². The van der Waals surface area contributed by atoms with Gasteiger partial charge < -0.3 is 14.5 Å². The molecule has 3 amide bonds. The van der Waals surface area contributed by atoms with Gasteiger partial charge in [0.15, 0.2) is 0 Å². The van der Waals surface area contributed by atoms with Crippen LogP contribution in [0.2, 0.25) is 0 Å². The fourth-order valence-corrected chi connectivity index (χ4v) is 5.59. The highest BCUT2D eigenvalue weighted by molar-refractivity contribution is 5.87. The second-order valence-corrected chi connectivity index (χ2v) is 9.57. The lowest BCUT2D eigenvalue weighted by Gasteiger charge is -2.39. The molecule has 2 unspecified atom stereocenters. The van der Waals surface area contributed by atoms with Crippen molar-refractivity contribution in [2.75, 3.05) is 26.2 Å². The van der Waals surface area contributed by atoms with E-state index in [1.807, 2.05) is 23.1 Å². The van der Waals surface area contributed by atoms with Crippen LogP contribution in [0, 0.1) is 11.8 Å². The van der Waals surface area contributed by atoms with Gasteiger partial charge in [0, 0.05) is 26.2 Å². The summed E-state index contributed by atoms with van der Waals surface area (Å²) in [7, 11) is 0. The predicted octanol–water partition coefficient (Wildman–Crippen LogP) is 3.31. The summed E-state index contributed by atoms with van der Waals surface area (Å²) in [4.78, 5) is 41.9. The molecule has 0 bridgehead atoms. The summed E-state index contributed by atoms with van der Waals surface area (Å²) in [5, 5.41) is 9.29. The molecule has 1 aromatic rings. The van der Waals surface area contributed by atoms with E-state index < -0.39 is 23.8 Å². The molecule has 1 saturated carbocycles. The van der Waals surface area contributed by atoms with Gasteiger partial charge in [0.1, 0.15) is 6.10 Å². The molecule has 3 atom stereocenters. The largest absolute Gasteiger partial charge is 0.446 e. The zero-order valence-electron chi connectivity index (χ0n) is 19.2. The minimum Gasteiger partial charge on any atom is -0.446 e. The molecule has 8 heteroatoms. The smallest absolute Gasteiger partial charge is 0.410 e. The standard InChI is InChI=1S/C25H35N3O5/c29-23(26-32)22-17-20(33-25(31)28-13-5-2-6-14-28)9-10-21(22)24(30)27-15-11-19(12-16-27)18-7-3-1-4-8-18/h1,3-4,7-8,19-22,32H,2,5-6,9-17H2,(H,26,29)/t20?,21-,22?/m0/s1. The number of carbonyl (C=O) groups excluding carboxylic acids is 3. The topological polar surface area (TPSA) is 99.2 Å². The summed E-state index contributed by atoms with van der Waals surface area (Å²) in [6, 6.07) is 10.4. The SMILES string of the molecule is O=C(NO)C1CC(OC(=O)N2CCCCC2)CC[C@@H]1C(=O)N1CCC(c2ccccc2)CC1. The molecule has 0 radical (unpaired) electrons. The van der Waals surface area contributed by atoms with Crippen LogP contribution in [-0.4, -0.2) is 65.2 Å². The maximum atomic E-state index is 13.4. The second kappa shape index (κ2) is 11.0. The molecule has 2 aliphatic heterocycles. The molecule has 0 aromatic heterocycles. The molecule has 1 aromatic carbocycles. The van der Waals surface area contributed by atoms with Gasteiger partial charge >= 0.3 is 6.09 Å². The summed E-state index contributed by atoms with van der Waals surface area (Å²) < 4.78 is 5.69. The van der Waals surface area contributed by atoms with Gasteiger partial charge in [0.25, 0.3) is 0 Å². The molecule has 2 heterocycles. The van der Waals surface area contributed by atoms with Gasteiger partial charge in [-0.2, -0.15) is 0 Å². The zero-order chi connectivity index (χ0) is 23.2. The number of likely N-dealkylation sites (tertiary alicyclic amines) is 2. The van der Waals surface area contributed by atoms with E-state index in [1.165, 1.54) is 5.56 Å². The lowest BCUT2D eigenvalue weighted by Crippen LogP contribution is -2.49. The molecular formula is C25H35N3O5. The third-order valence-corrected chi connectivity index (χ3v) is 7.53. The number of rotatable bonds is 4. The van der Waals surface area contributed by atoms with E-state index in [-0.39, 0.29) is 18.4 Å². The summed E-state index contributed by atoms with van der Waals surface area (Å²) in [6.07, 6.45) is 5.38. The van der Waals surface area contributed by atoms with Crippen LogP contribution in [0.4, 0.5) is 4.79 Å². The molecule has 33 heavy (non-hydrogen) atoms. The Balaban J connectivity index is 1.34. The van der Waals surface area contributed by atoms with Crippen LogP contribution in [0.5, 0.6) is 0 Å². The van der Waals surface area contributed by atoms with Crippen molar-refractivity contribution >= 4 is 17.9 Å². The average Bonchev–Trinajstić information content (AvgIpc) is 2.89. The van der Waals surface area contributed by atoms with E-state index in [0.717, 1.165) is 32.1 Å². The lowest BCUT2D eigenvalue weighted by atomic mass is 9.76. The van der Waals surface area contributed by atoms with Gasteiger partial charge in [0.2, 0.25) is 11.8 Å². The van der Waals surface area contributed by atoms with Crippen LogP contribution in [-0.2, 0) is 14.3 Å². The molecule has 3 fully saturated rings. The fraction of sp³-hybridized carbons (Fsp3) is 0.640. The molecular weight excluding hydrogens is 422 g/mol. The first-order chi connectivity index (χ1) is 16.1. The van der Waals surface area contributed by atoms with Crippen molar-refractivity contribution in [3.8, 4) is 0 Å². The van der Waals surface area contributed by atoms with Crippen LogP contribution in [0.25, 0.3) is 0 Å². The van der Waals surface area contributed by atoms with Gasteiger partial charge in [-0.1, -0.05) is 30.3 Å². The number of carbonyl (C=O) groups is 3. The number of piperidine rings is 2. The summed E-state index contributed by atoms with van der Waals surface area (Å²) in [6.45, 7) is 2.73. The lowest BCUT2D eigenvalue weighted by molar-refractivity contribution is -0.149. The molecule has 2 saturated heterocycles. The maximum Gasteiger partial charge on any atom is 0.410 e. The normalized spacial score (nSPS) is 26.5. The Kier molecular flexibility index (Phi) is 7.85. The van der Waals surface area contributed by atoms with E-state index in [9.17, 15) is 19.6 Å².